The van der Waals surface area contributed by atoms with Crippen molar-refractivity contribution in [2.45, 2.75) is 5.31 Å². The van der Waals surface area contributed by atoms with Crippen LogP contribution in [-0.4, -0.2) is 8.21 Å². The van der Waals surface area contributed by atoms with Gasteiger partial charge < -0.3 is 0 Å². The summed E-state index contributed by atoms with van der Waals surface area (Å²) in [6, 6.07) is 0. The van der Waals surface area contributed by atoms with Gasteiger partial charge in [-0.05, 0) is 0 Å². The Morgan fingerprint density at radius 2 is 2.00 bits per heavy atom. The Bertz CT molecular complexity index is 31.0. The zero-order valence-electron chi connectivity index (χ0n) is 2.82. The quantitative estimate of drug-likeness (QED) is 0.467. The summed E-state index contributed by atoms with van der Waals surface area (Å²) in [4.78, 5) is 0. The predicted octanol–water partition coefficient (Wildman–Crippen LogP) is 0.0456. The van der Waals surface area contributed by atoms with E-state index in [4.69, 9.17) is 9.82 Å². The van der Waals surface area contributed by atoms with E-state index < -0.39 is 14.8 Å². The van der Waals surface area contributed by atoms with Gasteiger partial charge >= 0.3 is 38.1 Å². The van der Waals surface area contributed by atoms with Gasteiger partial charge in [0.05, 0.1) is 0 Å². The van der Waals surface area contributed by atoms with E-state index in [1.54, 1.807) is 0 Å². The second-order valence-electron chi connectivity index (χ2n) is 0.742. The number of hydrogen-bond donors (Lipinski definition) is 0. The molecular formula is CH6MoSSi. The molecule has 0 N–H and O–H groups in total. The average molecular weight is 174 g/mol. The van der Waals surface area contributed by atoms with E-state index >= 15 is 0 Å². The minimum absolute atomic E-state index is 0.634. The summed E-state index contributed by atoms with van der Waals surface area (Å²) in [6.45, 7) is 0. The van der Waals surface area contributed by atoms with Crippen molar-refractivity contribution in [1.82, 2.24) is 0 Å². The molecular weight excluding hydrogens is 168 g/mol. The molecule has 0 atom stereocenters. The number of rotatable bonds is 0. The van der Waals surface area contributed by atoms with Crippen LogP contribution in [0.3, 0.4) is 0 Å². The van der Waals surface area contributed by atoms with Crippen molar-refractivity contribution < 1.29 is 14.8 Å². The van der Waals surface area contributed by atoms with Gasteiger partial charge in [0.15, 0.2) is 0 Å². The van der Waals surface area contributed by atoms with E-state index in [0.29, 0.717) is 0 Å². The topological polar surface area (TPSA) is 0 Å². The van der Waals surface area contributed by atoms with Crippen LogP contribution >= 0.6 is 9.82 Å². The van der Waals surface area contributed by atoms with Crippen LogP contribution < -0.4 is 0 Å². The third-order valence-electron chi connectivity index (χ3n) is 0. The molecule has 0 aromatic carbocycles. The molecule has 0 aromatic heterocycles. The van der Waals surface area contributed by atoms with Crippen LogP contribution in [0.2, 0.25) is 5.31 Å². The molecule has 0 saturated carbocycles. The first-order valence-corrected chi connectivity index (χ1v) is 12.6. The third kappa shape index (κ3) is 11.1. The van der Waals surface area contributed by atoms with E-state index in [9.17, 15) is 0 Å². The van der Waals surface area contributed by atoms with E-state index in [-0.39, 0.29) is 0 Å². The second kappa shape index (κ2) is 2.37. The summed E-state index contributed by atoms with van der Waals surface area (Å²) in [6.07, 6.45) is 0. The van der Waals surface area contributed by atoms with Gasteiger partial charge in [0, 0.05) is 0 Å². The standard InChI is InChI=1S/CH3.Mo.S.H3Si/h1H3;;;1H3. The predicted molar refractivity (Wildman–Crippen MR) is 23.4 cm³/mol. The van der Waals surface area contributed by atoms with E-state index in [1.807, 2.05) is 0 Å². The Morgan fingerprint density at radius 3 is 2.00 bits per heavy atom. The fourth-order valence-electron chi connectivity index (χ4n) is 0. The molecule has 0 rings (SSSR count). The van der Waals surface area contributed by atoms with Crippen LogP contribution in [0, 0.1) is 0 Å². The maximum atomic E-state index is 4.85. The van der Waals surface area contributed by atoms with Crippen LogP contribution in [0.1, 0.15) is 0 Å². The molecule has 0 aliphatic heterocycles. The summed E-state index contributed by atoms with van der Waals surface area (Å²) >= 11 is -0.634. The molecule has 0 saturated heterocycles. The Labute approximate surface area is 38.3 Å². The monoisotopic (exact) mass is 176 g/mol. The van der Waals surface area contributed by atoms with Crippen molar-refractivity contribution in [3.63, 3.8) is 0 Å². The molecule has 0 spiro atoms. The fourth-order valence-corrected chi connectivity index (χ4v) is 0. The normalized spacial score (nSPS) is 9.50. The van der Waals surface area contributed by atoms with Crippen LogP contribution in [0.25, 0.3) is 0 Å². The Morgan fingerprint density at radius 1 is 2.00 bits per heavy atom. The molecule has 3 heteroatoms. The molecule has 0 aliphatic carbocycles. The van der Waals surface area contributed by atoms with Gasteiger partial charge in [-0.15, -0.1) is 0 Å². The first-order valence-electron chi connectivity index (χ1n) is 0.983. The molecule has 0 nitrogen and oxygen atoms in total. The molecule has 0 unspecified atom stereocenters. The molecule has 26 valence electrons. The Hall–Kier alpha value is 1.13. The van der Waals surface area contributed by atoms with Gasteiger partial charge in [-0.1, -0.05) is 0 Å². The number of hydrogen-bond acceptors (Lipinski definition) is 1. The first-order chi connectivity index (χ1) is 1.73. The average Bonchev–Trinajstić information content (AvgIpc) is 0.811. The van der Waals surface area contributed by atoms with Crippen molar-refractivity contribution in [2.75, 3.05) is 0 Å². The third-order valence-corrected chi connectivity index (χ3v) is 0. The van der Waals surface area contributed by atoms with Crippen LogP contribution in [-0.2, 0) is 14.8 Å². The van der Waals surface area contributed by atoms with Gasteiger partial charge in [0.1, 0.15) is 0 Å². The molecule has 0 aromatic rings. The summed E-state index contributed by atoms with van der Waals surface area (Å²) < 4.78 is 0. The van der Waals surface area contributed by atoms with Crippen LogP contribution in [0.15, 0.2) is 0 Å². The van der Waals surface area contributed by atoms with Crippen molar-refractivity contribution in [3.8, 4) is 0 Å². The van der Waals surface area contributed by atoms with Gasteiger partial charge in [0.2, 0.25) is 0 Å². The molecule has 0 radical (unpaired) electrons. The zero-order chi connectivity index (χ0) is 3.58. The van der Waals surface area contributed by atoms with Crippen LogP contribution in [0.5, 0.6) is 0 Å². The van der Waals surface area contributed by atoms with Gasteiger partial charge in [-0.25, -0.2) is 0 Å². The molecule has 0 bridgehead atoms. The van der Waals surface area contributed by atoms with E-state index in [0.717, 1.165) is 0 Å². The van der Waals surface area contributed by atoms with Crippen LogP contribution in [0.4, 0.5) is 0 Å². The van der Waals surface area contributed by atoms with Gasteiger partial charge in [-0.3, -0.25) is 0 Å². The van der Waals surface area contributed by atoms with Crippen molar-refractivity contribution in [2.24, 2.45) is 0 Å². The van der Waals surface area contributed by atoms with E-state index in [1.165, 1.54) is 8.21 Å². The molecule has 4 heavy (non-hydrogen) atoms. The molecule has 0 heterocycles. The molecule has 0 aliphatic rings. The minimum atomic E-state index is -0.634. The Balaban J connectivity index is 2.80. The summed E-state index contributed by atoms with van der Waals surface area (Å²) in [7, 11) is 6.19. The summed E-state index contributed by atoms with van der Waals surface area (Å²) in [5, 5.41) is 2.21. The maximum absolute atomic E-state index is 4.85. The summed E-state index contributed by atoms with van der Waals surface area (Å²) in [5.41, 5.74) is 0. The summed E-state index contributed by atoms with van der Waals surface area (Å²) in [5.74, 6) is 0. The fraction of sp³-hybridized carbons (Fsp3) is 1.00. The first kappa shape index (κ1) is 5.13. The SMILES string of the molecule is [CH3][Mo]([SiH3])=[S]. The molecule has 0 fully saturated rings. The van der Waals surface area contributed by atoms with Crippen molar-refractivity contribution >= 4 is 18.0 Å². The van der Waals surface area contributed by atoms with Crippen molar-refractivity contribution in [3.05, 3.63) is 0 Å². The van der Waals surface area contributed by atoms with Gasteiger partial charge in [0.25, 0.3) is 0 Å². The Kier molecular flexibility index (Phi) is 3.03. The van der Waals surface area contributed by atoms with E-state index in [2.05, 4.69) is 5.31 Å². The second-order valence-corrected chi connectivity index (χ2v) is 19.1. The zero-order valence-corrected chi connectivity index (χ0v) is 7.64. The van der Waals surface area contributed by atoms with Gasteiger partial charge in [-0.2, -0.15) is 0 Å². The van der Waals surface area contributed by atoms with Crippen molar-refractivity contribution in [1.29, 1.82) is 0 Å². The molecule has 0 amide bonds.